The molecule has 2 aliphatic heterocycles. The first-order chi connectivity index (χ1) is 13.3. The third-order valence-electron chi connectivity index (χ3n) is 6.08. The average Bonchev–Trinajstić information content (AvgIpc) is 3.15. The van der Waals surface area contributed by atoms with Crippen LogP contribution in [0.5, 0.6) is 0 Å². The molecule has 0 saturated carbocycles. The first-order valence-corrected chi connectivity index (χ1v) is 10.0. The van der Waals surface area contributed by atoms with Crippen LogP contribution in [0.1, 0.15) is 41.8 Å². The highest BCUT2D eigenvalue weighted by molar-refractivity contribution is 5.42. The Morgan fingerprint density at radius 3 is 2.81 bits per heavy atom. The van der Waals surface area contributed by atoms with Crippen LogP contribution in [0.15, 0.2) is 16.9 Å². The molecule has 0 unspecified atom stereocenters. The number of hydrogen-bond donors (Lipinski definition) is 0. The van der Waals surface area contributed by atoms with Gasteiger partial charge in [-0.1, -0.05) is 0 Å². The lowest BCUT2D eigenvalue weighted by Gasteiger charge is -2.33. The zero-order valence-corrected chi connectivity index (χ0v) is 15.6. The summed E-state index contributed by atoms with van der Waals surface area (Å²) in [6.45, 7) is 3.99. The monoisotopic (exact) mass is 367 g/mol. The van der Waals surface area contributed by atoms with Crippen LogP contribution in [0, 0.1) is 5.92 Å². The topological polar surface area (TPSA) is 73.1 Å². The second kappa shape index (κ2) is 7.03. The van der Waals surface area contributed by atoms with Crippen molar-refractivity contribution in [3.05, 3.63) is 45.0 Å². The van der Waals surface area contributed by atoms with E-state index in [4.69, 9.17) is 4.74 Å². The predicted molar refractivity (Wildman–Crippen MR) is 101 cm³/mol. The number of ether oxygens (including phenoxy) is 1. The molecule has 7 nitrogen and oxygen atoms in total. The molecule has 1 aliphatic carbocycles. The fraction of sp³-hybridized carbons (Fsp3) is 0.600. The Morgan fingerprint density at radius 2 is 1.93 bits per heavy atom. The van der Waals surface area contributed by atoms with Gasteiger partial charge in [0.25, 0.3) is 5.56 Å². The molecular formula is C20H25N5O2. The van der Waals surface area contributed by atoms with Crippen molar-refractivity contribution in [3.63, 3.8) is 0 Å². The molecule has 142 valence electrons. The summed E-state index contributed by atoms with van der Waals surface area (Å²) < 4.78 is 7.23. The van der Waals surface area contributed by atoms with Gasteiger partial charge in [0.05, 0.1) is 24.6 Å². The zero-order chi connectivity index (χ0) is 18.2. The summed E-state index contributed by atoms with van der Waals surface area (Å²) in [5, 5.41) is 13.5. The first-order valence-electron chi connectivity index (χ1n) is 10.0. The van der Waals surface area contributed by atoms with Gasteiger partial charge in [0, 0.05) is 37.7 Å². The number of aryl methyl sites for hydroxylation is 2. The number of aromatic nitrogens is 4. The van der Waals surface area contributed by atoms with Crippen molar-refractivity contribution in [3.8, 4) is 0 Å². The van der Waals surface area contributed by atoms with E-state index in [2.05, 4.69) is 26.3 Å². The fourth-order valence-corrected chi connectivity index (χ4v) is 4.44. The first kappa shape index (κ1) is 16.9. The maximum absolute atomic E-state index is 12.3. The van der Waals surface area contributed by atoms with Crippen LogP contribution in [0.3, 0.4) is 0 Å². The van der Waals surface area contributed by atoms with Gasteiger partial charge in [0.2, 0.25) is 0 Å². The minimum Gasteiger partial charge on any atom is -0.376 e. The van der Waals surface area contributed by atoms with Crippen molar-refractivity contribution in [1.82, 2.24) is 20.0 Å². The van der Waals surface area contributed by atoms with Gasteiger partial charge in [0.15, 0.2) is 5.82 Å². The van der Waals surface area contributed by atoms with E-state index in [0.717, 1.165) is 87.5 Å². The normalized spacial score (nSPS) is 19.8. The van der Waals surface area contributed by atoms with E-state index < -0.39 is 0 Å². The molecule has 1 fully saturated rings. The Bertz CT molecular complexity index is 902. The summed E-state index contributed by atoms with van der Waals surface area (Å²) >= 11 is 0. The molecule has 0 bridgehead atoms. The number of nitrogens with zero attached hydrogens (tertiary/aromatic N) is 5. The predicted octanol–water partition coefficient (Wildman–Crippen LogP) is 1.51. The summed E-state index contributed by atoms with van der Waals surface area (Å²) in [6, 6.07) is 3.93. The van der Waals surface area contributed by atoms with Gasteiger partial charge in [0.1, 0.15) is 0 Å². The number of fused-ring (bicyclic) bond motifs is 2. The van der Waals surface area contributed by atoms with Crippen LogP contribution in [-0.2, 0) is 37.2 Å². The van der Waals surface area contributed by atoms with E-state index in [1.807, 2.05) is 0 Å². The van der Waals surface area contributed by atoms with Crippen molar-refractivity contribution in [2.75, 3.05) is 24.6 Å². The van der Waals surface area contributed by atoms with Crippen LogP contribution in [0.25, 0.3) is 0 Å². The van der Waals surface area contributed by atoms with Crippen LogP contribution in [0.4, 0.5) is 5.82 Å². The van der Waals surface area contributed by atoms with E-state index in [1.165, 1.54) is 5.56 Å². The van der Waals surface area contributed by atoms with E-state index in [9.17, 15) is 4.79 Å². The number of anilines is 1. The molecule has 27 heavy (non-hydrogen) atoms. The molecule has 0 N–H and O–H groups in total. The zero-order valence-electron chi connectivity index (χ0n) is 15.6. The maximum Gasteiger partial charge on any atom is 0.267 e. The Morgan fingerprint density at radius 1 is 1.04 bits per heavy atom. The van der Waals surface area contributed by atoms with Crippen molar-refractivity contribution in [1.29, 1.82) is 0 Å². The van der Waals surface area contributed by atoms with Crippen molar-refractivity contribution < 1.29 is 4.74 Å². The third kappa shape index (κ3) is 3.36. The molecule has 0 atom stereocenters. The molecule has 5 rings (SSSR count). The van der Waals surface area contributed by atoms with E-state index in [-0.39, 0.29) is 5.56 Å². The van der Waals surface area contributed by atoms with Gasteiger partial charge < -0.3 is 9.64 Å². The molecule has 7 heteroatoms. The van der Waals surface area contributed by atoms with Gasteiger partial charge in [-0.25, -0.2) is 4.68 Å². The van der Waals surface area contributed by atoms with Crippen molar-refractivity contribution in [2.45, 2.75) is 51.7 Å². The molecule has 4 heterocycles. The Labute approximate surface area is 158 Å². The van der Waals surface area contributed by atoms with Crippen molar-refractivity contribution in [2.24, 2.45) is 5.92 Å². The standard InChI is InChI=1S/C20H25N5O2/c26-20-11-15-2-1-3-18(15)23-25(20)12-14-4-7-24(8-5-14)19-10-16-13-27-9-6-17(16)21-22-19/h10-11,14H,1-9,12-13H2. The number of hydrogen-bond acceptors (Lipinski definition) is 6. The van der Waals surface area contributed by atoms with Crippen molar-refractivity contribution >= 4 is 5.82 Å². The fourth-order valence-electron chi connectivity index (χ4n) is 4.44. The minimum absolute atomic E-state index is 0.0543. The average molecular weight is 367 g/mol. The second-order valence-electron chi connectivity index (χ2n) is 7.90. The molecule has 2 aromatic rings. The van der Waals surface area contributed by atoms with E-state index in [0.29, 0.717) is 12.5 Å². The molecule has 2 aromatic heterocycles. The Kier molecular flexibility index (Phi) is 4.39. The lowest BCUT2D eigenvalue weighted by atomic mass is 9.96. The third-order valence-corrected chi connectivity index (χ3v) is 6.08. The highest BCUT2D eigenvalue weighted by Crippen LogP contribution is 2.25. The summed E-state index contributed by atoms with van der Waals surface area (Å²) in [7, 11) is 0. The lowest BCUT2D eigenvalue weighted by Crippen LogP contribution is -2.37. The van der Waals surface area contributed by atoms with Crippen LogP contribution in [-0.4, -0.2) is 39.7 Å². The van der Waals surface area contributed by atoms with Gasteiger partial charge in [-0.2, -0.15) is 10.2 Å². The van der Waals surface area contributed by atoms with Gasteiger partial charge in [-0.3, -0.25) is 4.79 Å². The summed E-state index contributed by atoms with van der Waals surface area (Å²) in [5.41, 5.74) is 4.57. The van der Waals surface area contributed by atoms with Crippen LogP contribution >= 0.6 is 0 Å². The lowest BCUT2D eigenvalue weighted by molar-refractivity contribution is 0.108. The number of piperidine rings is 1. The molecule has 1 saturated heterocycles. The quantitative estimate of drug-likeness (QED) is 0.819. The smallest absolute Gasteiger partial charge is 0.267 e. The molecule has 0 radical (unpaired) electrons. The molecule has 3 aliphatic rings. The van der Waals surface area contributed by atoms with Gasteiger partial charge in [-0.05, 0) is 49.7 Å². The van der Waals surface area contributed by atoms with Crippen LogP contribution in [0.2, 0.25) is 0 Å². The minimum atomic E-state index is 0.0543. The molecule has 0 aromatic carbocycles. The number of rotatable bonds is 3. The molecular weight excluding hydrogens is 342 g/mol. The van der Waals surface area contributed by atoms with Crippen LogP contribution < -0.4 is 10.5 Å². The second-order valence-corrected chi connectivity index (χ2v) is 7.90. The highest BCUT2D eigenvalue weighted by atomic mass is 16.5. The Balaban J connectivity index is 1.24. The maximum atomic E-state index is 12.3. The Hall–Kier alpha value is -2.28. The summed E-state index contributed by atoms with van der Waals surface area (Å²) in [4.78, 5) is 14.6. The highest BCUT2D eigenvalue weighted by Gasteiger charge is 2.24. The van der Waals surface area contributed by atoms with Gasteiger partial charge in [-0.15, -0.1) is 5.10 Å². The molecule has 0 spiro atoms. The summed E-state index contributed by atoms with van der Waals surface area (Å²) in [5.74, 6) is 1.44. The van der Waals surface area contributed by atoms with Gasteiger partial charge >= 0.3 is 0 Å². The van der Waals surface area contributed by atoms with E-state index in [1.54, 1.807) is 10.7 Å². The largest absolute Gasteiger partial charge is 0.376 e. The van der Waals surface area contributed by atoms with E-state index >= 15 is 0 Å². The SMILES string of the molecule is O=c1cc2c(nn1CC1CCN(c3cc4c(nn3)CCOC4)CC1)CCC2. The summed E-state index contributed by atoms with van der Waals surface area (Å²) in [6.07, 6.45) is 6.07. The molecule has 0 amide bonds.